The van der Waals surface area contributed by atoms with E-state index in [4.69, 9.17) is 5.73 Å². The Hall–Kier alpha value is -1.40. The minimum absolute atomic E-state index is 0.162. The highest BCUT2D eigenvalue weighted by Gasteiger charge is 2.27. The molecule has 0 saturated carbocycles. The van der Waals surface area contributed by atoms with E-state index in [9.17, 15) is 13.2 Å². The van der Waals surface area contributed by atoms with Gasteiger partial charge in [0.05, 0.1) is 10.9 Å². The highest BCUT2D eigenvalue weighted by molar-refractivity contribution is 7.90. The van der Waals surface area contributed by atoms with Crippen LogP contribution in [0.25, 0.3) is 0 Å². The Bertz CT molecular complexity index is 574. The predicted molar refractivity (Wildman–Crippen MR) is 75.6 cm³/mol. The summed E-state index contributed by atoms with van der Waals surface area (Å²) in [5, 5.41) is 2.63. The SMILES string of the molecule is CC(C)(C)C(N)C(=O)Nc1cccc(S(C)(=O)=O)c1. The quantitative estimate of drug-likeness (QED) is 0.878. The van der Waals surface area contributed by atoms with Gasteiger partial charge in [0.2, 0.25) is 5.91 Å². The number of hydrogen-bond acceptors (Lipinski definition) is 4. The van der Waals surface area contributed by atoms with Crippen LogP contribution >= 0.6 is 0 Å². The van der Waals surface area contributed by atoms with E-state index in [1.807, 2.05) is 20.8 Å². The van der Waals surface area contributed by atoms with Crippen LogP contribution in [-0.2, 0) is 14.6 Å². The molecule has 1 unspecified atom stereocenters. The predicted octanol–water partition coefficient (Wildman–Crippen LogP) is 1.40. The molecule has 0 radical (unpaired) electrons. The van der Waals surface area contributed by atoms with Gasteiger partial charge in [0.1, 0.15) is 0 Å². The van der Waals surface area contributed by atoms with Gasteiger partial charge in [-0.3, -0.25) is 4.79 Å². The second kappa shape index (κ2) is 5.30. The van der Waals surface area contributed by atoms with Gasteiger partial charge in [-0.15, -0.1) is 0 Å². The molecule has 6 heteroatoms. The average Bonchev–Trinajstić information content (AvgIpc) is 2.26. The van der Waals surface area contributed by atoms with Crippen LogP contribution in [0.2, 0.25) is 0 Å². The van der Waals surface area contributed by atoms with Crippen molar-refractivity contribution in [3.8, 4) is 0 Å². The zero-order chi connectivity index (χ0) is 14.8. The van der Waals surface area contributed by atoms with Gasteiger partial charge < -0.3 is 11.1 Å². The number of rotatable bonds is 3. The largest absolute Gasteiger partial charge is 0.325 e. The highest BCUT2D eigenvalue weighted by Crippen LogP contribution is 2.20. The zero-order valence-electron chi connectivity index (χ0n) is 11.6. The summed E-state index contributed by atoms with van der Waals surface area (Å²) in [4.78, 5) is 12.1. The fourth-order valence-corrected chi connectivity index (χ4v) is 2.08. The second-order valence-corrected chi connectivity index (χ2v) is 7.65. The first kappa shape index (κ1) is 15.7. The van der Waals surface area contributed by atoms with Crippen LogP contribution in [-0.4, -0.2) is 26.6 Å². The third-order valence-corrected chi connectivity index (χ3v) is 3.86. The summed E-state index contributed by atoms with van der Waals surface area (Å²) in [5.41, 5.74) is 5.90. The number of nitrogens with one attached hydrogen (secondary N) is 1. The molecule has 1 aromatic rings. The molecule has 0 spiro atoms. The van der Waals surface area contributed by atoms with Gasteiger partial charge in [0.15, 0.2) is 9.84 Å². The lowest BCUT2D eigenvalue weighted by atomic mass is 9.87. The van der Waals surface area contributed by atoms with E-state index in [2.05, 4.69) is 5.32 Å². The van der Waals surface area contributed by atoms with Crippen LogP contribution in [0.4, 0.5) is 5.69 Å². The van der Waals surface area contributed by atoms with Gasteiger partial charge >= 0.3 is 0 Å². The molecule has 0 aliphatic carbocycles. The number of benzene rings is 1. The van der Waals surface area contributed by atoms with Crippen LogP contribution in [0.1, 0.15) is 20.8 Å². The second-order valence-electron chi connectivity index (χ2n) is 5.63. The van der Waals surface area contributed by atoms with Gasteiger partial charge in [0.25, 0.3) is 0 Å². The van der Waals surface area contributed by atoms with Gasteiger partial charge in [-0.05, 0) is 23.6 Å². The van der Waals surface area contributed by atoms with Crippen molar-refractivity contribution in [2.75, 3.05) is 11.6 Å². The Labute approximate surface area is 114 Å². The third kappa shape index (κ3) is 4.33. The molecule has 0 fully saturated rings. The first-order valence-electron chi connectivity index (χ1n) is 5.88. The maximum absolute atomic E-state index is 11.9. The zero-order valence-corrected chi connectivity index (χ0v) is 12.4. The number of amides is 1. The number of carbonyl (C=O) groups is 1. The molecule has 106 valence electrons. The van der Waals surface area contributed by atoms with Crippen LogP contribution in [0.15, 0.2) is 29.2 Å². The summed E-state index contributed by atoms with van der Waals surface area (Å²) in [7, 11) is -3.29. The Morgan fingerprint density at radius 3 is 2.37 bits per heavy atom. The first-order valence-corrected chi connectivity index (χ1v) is 7.77. The van der Waals surface area contributed by atoms with Crippen molar-refractivity contribution in [1.82, 2.24) is 0 Å². The number of hydrogen-bond donors (Lipinski definition) is 2. The van der Waals surface area contributed by atoms with Crippen molar-refractivity contribution >= 4 is 21.4 Å². The third-order valence-electron chi connectivity index (χ3n) is 2.75. The van der Waals surface area contributed by atoms with Crippen molar-refractivity contribution in [1.29, 1.82) is 0 Å². The summed E-state index contributed by atoms with van der Waals surface area (Å²) >= 11 is 0. The van der Waals surface area contributed by atoms with Crippen molar-refractivity contribution < 1.29 is 13.2 Å². The molecular formula is C13H20N2O3S. The standard InChI is InChI=1S/C13H20N2O3S/c1-13(2,3)11(14)12(16)15-9-6-5-7-10(8-9)19(4,17)18/h5-8,11H,14H2,1-4H3,(H,15,16). The number of anilines is 1. The van der Waals surface area contributed by atoms with E-state index in [0.717, 1.165) is 6.26 Å². The van der Waals surface area contributed by atoms with Crippen LogP contribution in [0.5, 0.6) is 0 Å². The van der Waals surface area contributed by atoms with Crippen LogP contribution in [0, 0.1) is 5.41 Å². The van der Waals surface area contributed by atoms with E-state index in [1.165, 1.54) is 12.1 Å². The first-order chi connectivity index (χ1) is 8.51. The fourth-order valence-electron chi connectivity index (χ4n) is 1.42. The summed E-state index contributed by atoms with van der Waals surface area (Å²) in [6.45, 7) is 5.60. The summed E-state index contributed by atoms with van der Waals surface area (Å²) in [6.07, 6.45) is 1.12. The maximum atomic E-state index is 11.9. The molecule has 3 N–H and O–H groups in total. The Morgan fingerprint density at radius 2 is 1.89 bits per heavy atom. The molecule has 0 aromatic heterocycles. The van der Waals surface area contributed by atoms with Gasteiger partial charge in [-0.1, -0.05) is 26.8 Å². The van der Waals surface area contributed by atoms with Crippen molar-refractivity contribution in [2.24, 2.45) is 11.1 Å². The molecule has 1 amide bonds. The Kier molecular flexibility index (Phi) is 4.37. The molecule has 0 heterocycles. The van der Waals surface area contributed by atoms with Gasteiger partial charge in [-0.2, -0.15) is 0 Å². The fraction of sp³-hybridized carbons (Fsp3) is 0.462. The van der Waals surface area contributed by atoms with E-state index < -0.39 is 15.9 Å². The molecule has 5 nitrogen and oxygen atoms in total. The minimum atomic E-state index is -3.29. The number of nitrogens with two attached hydrogens (primary N) is 1. The smallest absolute Gasteiger partial charge is 0.241 e. The van der Waals surface area contributed by atoms with Crippen LogP contribution < -0.4 is 11.1 Å². The van der Waals surface area contributed by atoms with E-state index >= 15 is 0 Å². The van der Waals surface area contributed by atoms with Crippen molar-refractivity contribution in [3.63, 3.8) is 0 Å². The summed E-state index contributed by atoms with van der Waals surface area (Å²) in [5.74, 6) is -0.335. The normalized spacial score (nSPS) is 13.9. The molecule has 1 aromatic carbocycles. The molecule has 0 aliphatic heterocycles. The topological polar surface area (TPSA) is 89.3 Å². The maximum Gasteiger partial charge on any atom is 0.241 e. The Balaban J connectivity index is 2.93. The molecule has 0 saturated heterocycles. The summed E-state index contributed by atoms with van der Waals surface area (Å²) in [6, 6.07) is 5.43. The highest BCUT2D eigenvalue weighted by atomic mass is 32.2. The van der Waals surface area contributed by atoms with Crippen molar-refractivity contribution in [3.05, 3.63) is 24.3 Å². The lowest BCUT2D eigenvalue weighted by Crippen LogP contribution is -2.45. The van der Waals surface area contributed by atoms with E-state index in [-0.39, 0.29) is 16.2 Å². The Morgan fingerprint density at radius 1 is 1.32 bits per heavy atom. The molecule has 1 atom stereocenters. The lowest BCUT2D eigenvalue weighted by molar-refractivity contribution is -0.119. The van der Waals surface area contributed by atoms with E-state index in [0.29, 0.717) is 5.69 Å². The van der Waals surface area contributed by atoms with Gasteiger partial charge in [-0.25, -0.2) is 8.42 Å². The monoisotopic (exact) mass is 284 g/mol. The number of sulfone groups is 1. The van der Waals surface area contributed by atoms with E-state index in [1.54, 1.807) is 12.1 Å². The van der Waals surface area contributed by atoms with Gasteiger partial charge in [0, 0.05) is 11.9 Å². The molecule has 1 rings (SSSR count). The number of carbonyl (C=O) groups excluding carboxylic acids is 1. The molecule has 0 aliphatic rings. The lowest BCUT2D eigenvalue weighted by Gasteiger charge is -2.25. The van der Waals surface area contributed by atoms with Crippen molar-refractivity contribution in [2.45, 2.75) is 31.7 Å². The van der Waals surface area contributed by atoms with Crippen LogP contribution in [0.3, 0.4) is 0 Å². The molecule has 19 heavy (non-hydrogen) atoms. The average molecular weight is 284 g/mol. The molecular weight excluding hydrogens is 264 g/mol. The minimum Gasteiger partial charge on any atom is -0.325 e. The summed E-state index contributed by atoms with van der Waals surface area (Å²) < 4.78 is 22.9. The molecule has 0 bridgehead atoms.